The standard InChI is InChI=1S/C20H30ClN3O2/c1-15-5-9-24(10-6-15)19(22)23-14-20(7-11-26-12-8-20)17-13-16(21)3-4-18(17)25-2/h3-4,13,15H,5-12,14H2,1-2H3,(H2,22,23). The molecule has 0 bridgehead atoms. The summed E-state index contributed by atoms with van der Waals surface area (Å²) >= 11 is 6.30. The lowest BCUT2D eigenvalue weighted by Crippen LogP contribution is -2.44. The highest BCUT2D eigenvalue weighted by molar-refractivity contribution is 6.30. The number of piperidine rings is 1. The molecule has 144 valence electrons. The van der Waals surface area contributed by atoms with E-state index in [4.69, 9.17) is 31.8 Å². The normalized spacial score (nSPS) is 21.7. The summed E-state index contributed by atoms with van der Waals surface area (Å²) in [7, 11) is 1.70. The Morgan fingerprint density at radius 2 is 2.04 bits per heavy atom. The molecule has 3 rings (SSSR count). The molecule has 2 saturated heterocycles. The summed E-state index contributed by atoms with van der Waals surface area (Å²) in [5.41, 5.74) is 7.30. The van der Waals surface area contributed by atoms with Crippen molar-refractivity contribution < 1.29 is 9.47 Å². The fourth-order valence-electron chi connectivity index (χ4n) is 3.94. The van der Waals surface area contributed by atoms with Crippen molar-refractivity contribution in [3.8, 4) is 5.75 Å². The molecular weight excluding hydrogens is 350 g/mol. The molecule has 1 aromatic carbocycles. The van der Waals surface area contributed by atoms with Crippen molar-refractivity contribution in [1.82, 2.24) is 4.90 Å². The zero-order valence-electron chi connectivity index (χ0n) is 15.8. The zero-order valence-corrected chi connectivity index (χ0v) is 16.6. The molecular formula is C20H30ClN3O2. The number of likely N-dealkylation sites (tertiary alicyclic amines) is 1. The molecule has 2 N–H and O–H groups in total. The van der Waals surface area contributed by atoms with E-state index >= 15 is 0 Å². The van der Waals surface area contributed by atoms with Crippen LogP contribution in [-0.2, 0) is 10.2 Å². The lowest BCUT2D eigenvalue weighted by molar-refractivity contribution is 0.0522. The average Bonchev–Trinajstić information content (AvgIpc) is 2.67. The molecule has 6 heteroatoms. The van der Waals surface area contributed by atoms with E-state index in [1.54, 1.807) is 7.11 Å². The number of nitrogens with zero attached hydrogens (tertiary/aromatic N) is 2. The van der Waals surface area contributed by atoms with Crippen LogP contribution in [0.15, 0.2) is 23.2 Å². The molecule has 1 aromatic rings. The number of methoxy groups -OCH3 is 1. The minimum absolute atomic E-state index is 0.151. The first-order valence-electron chi connectivity index (χ1n) is 9.51. The molecule has 0 aromatic heterocycles. The Balaban J connectivity index is 1.84. The average molecular weight is 380 g/mol. The van der Waals surface area contributed by atoms with Gasteiger partial charge in [0.25, 0.3) is 0 Å². The quantitative estimate of drug-likeness (QED) is 0.643. The summed E-state index contributed by atoms with van der Waals surface area (Å²) in [4.78, 5) is 7.03. The van der Waals surface area contributed by atoms with Gasteiger partial charge in [-0.05, 0) is 49.8 Å². The predicted molar refractivity (Wildman–Crippen MR) is 106 cm³/mol. The van der Waals surface area contributed by atoms with Crippen molar-refractivity contribution in [3.63, 3.8) is 0 Å². The third-order valence-corrected chi connectivity index (χ3v) is 6.07. The van der Waals surface area contributed by atoms with Gasteiger partial charge in [-0.2, -0.15) is 0 Å². The number of hydrogen-bond donors (Lipinski definition) is 1. The van der Waals surface area contributed by atoms with Gasteiger partial charge in [-0.1, -0.05) is 18.5 Å². The van der Waals surface area contributed by atoms with E-state index in [0.717, 1.165) is 43.2 Å². The van der Waals surface area contributed by atoms with Crippen LogP contribution in [0.3, 0.4) is 0 Å². The van der Waals surface area contributed by atoms with Gasteiger partial charge in [0.15, 0.2) is 5.96 Å². The number of guanidine groups is 1. The summed E-state index contributed by atoms with van der Waals surface area (Å²) < 4.78 is 11.2. The third kappa shape index (κ3) is 4.26. The van der Waals surface area contributed by atoms with Crippen LogP contribution in [0.2, 0.25) is 5.02 Å². The van der Waals surface area contributed by atoms with Crippen LogP contribution in [0.1, 0.15) is 38.2 Å². The third-order valence-electron chi connectivity index (χ3n) is 5.83. The monoisotopic (exact) mass is 379 g/mol. The first kappa shape index (κ1) is 19.3. The van der Waals surface area contributed by atoms with E-state index in [9.17, 15) is 0 Å². The molecule has 5 nitrogen and oxygen atoms in total. The van der Waals surface area contributed by atoms with Crippen LogP contribution in [0.25, 0.3) is 0 Å². The lowest BCUT2D eigenvalue weighted by atomic mass is 9.73. The first-order chi connectivity index (χ1) is 12.5. The van der Waals surface area contributed by atoms with Gasteiger partial charge in [0.2, 0.25) is 0 Å². The Bertz CT molecular complexity index is 636. The van der Waals surface area contributed by atoms with E-state index in [1.807, 2.05) is 18.2 Å². The molecule has 0 radical (unpaired) electrons. The van der Waals surface area contributed by atoms with Gasteiger partial charge in [-0.25, -0.2) is 0 Å². The summed E-state index contributed by atoms with van der Waals surface area (Å²) in [5.74, 6) is 2.29. The smallest absolute Gasteiger partial charge is 0.191 e. The van der Waals surface area contributed by atoms with Gasteiger partial charge in [0.05, 0.1) is 13.7 Å². The molecule has 0 atom stereocenters. The van der Waals surface area contributed by atoms with Gasteiger partial charge >= 0.3 is 0 Å². The van der Waals surface area contributed by atoms with E-state index in [2.05, 4.69) is 11.8 Å². The molecule has 0 amide bonds. The Kier molecular flexibility index (Phi) is 6.30. The van der Waals surface area contributed by atoms with Crippen LogP contribution in [0, 0.1) is 5.92 Å². The van der Waals surface area contributed by atoms with Gasteiger partial charge in [-0.15, -0.1) is 0 Å². The van der Waals surface area contributed by atoms with Crippen molar-refractivity contribution in [2.24, 2.45) is 16.6 Å². The molecule has 0 spiro atoms. The summed E-state index contributed by atoms with van der Waals surface area (Å²) in [6, 6.07) is 5.82. The van der Waals surface area contributed by atoms with E-state index in [0.29, 0.717) is 30.7 Å². The van der Waals surface area contributed by atoms with Crippen LogP contribution < -0.4 is 10.5 Å². The first-order valence-corrected chi connectivity index (χ1v) is 9.88. The number of halogens is 1. The highest BCUT2D eigenvalue weighted by atomic mass is 35.5. The SMILES string of the molecule is COc1ccc(Cl)cc1C1(CN=C(N)N2CCC(C)CC2)CCOCC1. The zero-order chi connectivity index (χ0) is 18.6. The van der Waals surface area contributed by atoms with E-state index in [-0.39, 0.29) is 5.41 Å². The highest BCUT2D eigenvalue weighted by Gasteiger charge is 2.37. The molecule has 2 fully saturated rings. The lowest BCUT2D eigenvalue weighted by Gasteiger charge is -2.38. The number of aliphatic imine (C=N–C) groups is 1. The molecule has 26 heavy (non-hydrogen) atoms. The fraction of sp³-hybridized carbons (Fsp3) is 0.650. The Morgan fingerprint density at radius 1 is 1.35 bits per heavy atom. The van der Waals surface area contributed by atoms with Crippen LogP contribution in [0.5, 0.6) is 5.75 Å². The number of ether oxygens (including phenoxy) is 2. The van der Waals surface area contributed by atoms with E-state index in [1.165, 1.54) is 12.8 Å². The Labute approximate surface area is 161 Å². The minimum Gasteiger partial charge on any atom is -0.496 e. The van der Waals surface area contributed by atoms with Crippen molar-refractivity contribution in [3.05, 3.63) is 28.8 Å². The fourth-order valence-corrected chi connectivity index (χ4v) is 4.11. The van der Waals surface area contributed by atoms with E-state index < -0.39 is 0 Å². The summed E-state index contributed by atoms with van der Waals surface area (Å²) in [5, 5.41) is 0.716. The topological polar surface area (TPSA) is 60.1 Å². The second kappa shape index (κ2) is 8.49. The van der Waals surface area contributed by atoms with Gasteiger partial charge in [0.1, 0.15) is 5.75 Å². The summed E-state index contributed by atoms with van der Waals surface area (Å²) in [6.45, 7) is 6.34. The molecule has 0 unspecified atom stereocenters. The van der Waals surface area contributed by atoms with Crippen LogP contribution in [0.4, 0.5) is 0 Å². The minimum atomic E-state index is -0.151. The van der Waals surface area contributed by atoms with Gasteiger partial charge in [0, 0.05) is 42.3 Å². The second-order valence-electron chi connectivity index (χ2n) is 7.58. The van der Waals surface area contributed by atoms with Crippen LogP contribution in [-0.4, -0.2) is 50.8 Å². The Morgan fingerprint density at radius 3 is 2.69 bits per heavy atom. The number of benzene rings is 1. The Hall–Kier alpha value is -1.46. The maximum absolute atomic E-state index is 6.34. The maximum atomic E-state index is 6.34. The maximum Gasteiger partial charge on any atom is 0.191 e. The van der Waals surface area contributed by atoms with Gasteiger partial charge in [-0.3, -0.25) is 4.99 Å². The summed E-state index contributed by atoms with van der Waals surface area (Å²) in [6.07, 6.45) is 4.13. The number of rotatable bonds is 4. The number of hydrogen-bond acceptors (Lipinski definition) is 3. The largest absolute Gasteiger partial charge is 0.496 e. The second-order valence-corrected chi connectivity index (χ2v) is 8.02. The van der Waals surface area contributed by atoms with Crippen molar-refractivity contribution in [2.75, 3.05) is 40.0 Å². The van der Waals surface area contributed by atoms with Crippen molar-refractivity contribution in [2.45, 2.75) is 38.0 Å². The van der Waals surface area contributed by atoms with Crippen molar-refractivity contribution in [1.29, 1.82) is 0 Å². The van der Waals surface area contributed by atoms with Gasteiger partial charge < -0.3 is 20.1 Å². The molecule has 0 aliphatic carbocycles. The predicted octanol–water partition coefficient (Wildman–Crippen LogP) is 3.44. The molecule has 2 aliphatic heterocycles. The highest BCUT2D eigenvalue weighted by Crippen LogP contribution is 2.41. The molecule has 0 saturated carbocycles. The molecule has 2 aliphatic rings. The van der Waals surface area contributed by atoms with Crippen LogP contribution >= 0.6 is 11.6 Å². The number of nitrogens with two attached hydrogens (primary N) is 1. The molecule has 2 heterocycles. The van der Waals surface area contributed by atoms with Crippen molar-refractivity contribution >= 4 is 17.6 Å².